The van der Waals surface area contributed by atoms with Crippen LogP contribution in [0.15, 0.2) is 18.2 Å². The Balaban J connectivity index is 2.64. The minimum Gasteiger partial charge on any atom is -0.489 e. The van der Waals surface area contributed by atoms with E-state index in [0.717, 1.165) is 18.7 Å². The van der Waals surface area contributed by atoms with Gasteiger partial charge in [0.25, 0.3) is 0 Å². The Bertz CT molecular complexity index is 387. The maximum absolute atomic E-state index is 6.03. The van der Waals surface area contributed by atoms with Crippen LogP contribution in [0.4, 0.5) is 0 Å². The van der Waals surface area contributed by atoms with E-state index in [0.29, 0.717) is 12.0 Å². The molecule has 2 heteroatoms. The lowest BCUT2D eigenvalue weighted by Crippen LogP contribution is -2.39. The van der Waals surface area contributed by atoms with Gasteiger partial charge in [0.15, 0.2) is 0 Å². The molecule has 1 N–H and O–H groups in total. The van der Waals surface area contributed by atoms with Crippen LogP contribution in [0.3, 0.4) is 0 Å². The second-order valence-corrected chi connectivity index (χ2v) is 5.74. The Morgan fingerprint density at radius 3 is 2.37 bits per heavy atom. The highest BCUT2D eigenvalue weighted by atomic mass is 16.5. The second-order valence-electron chi connectivity index (χ2n) is 5.74. The third kappa shape index (κ3) is 4.87. The normalized spacial score (nSPS) is 14.5. The number of benzene rings is 1. The number of hydrogen-bond donors (Lipinski definition) is 1. The molecule has 2 nitrogen and oxygen atoms in total. The summed E-state index contributed by atoms with van der Waals surface area (Å²) in [5.41, 5.74) is 2.71. The Morgan fingerprint density at radius 2 is 1.84 bits per heavy atom. The lowest BCUT2D eigenvalue weighted by Gasteiger charge is -2.23. The molecule has 0 saturated carbocycles. The summed E-state index contributed by atoms with van der Waals surface area (Å²) in [6.45, 7) is 14.1. The SMILES string of the molecule is CCCNC(C)C(C)Oc1ccc(C(C)C)c(C)c1. The molecule has 0 spiro atoms. The van der Waals surface area contributed by atoms with Crippen molar-refractivity contribution in [2.45, 2.75) is 66.0 Å². The highest BCUT2D eigenvalue weighted by Gasteiger charge is 2.13. The second kappa shape index (κ2) is 7.54. The van der Waals surface area contributed by atoms with Crippen molar-refractivity contribution in [3.63, 3.8) is 0 Å². The molecule has 0 bridgehead atoms. The molecular weight excluding hydrogens is 234 g/mol. The Morgan fingerprint density at radius 1 is 1.16 bits per heavy atom. The Hall–Kier alpha value is -1.02. The molecule has 2 unspecified atom stereocenters. The minimum absolute atomic E-state index is 0.177. The zero-order chi connectivity index (χ0) is 14.4. The van der Waals surface area contributed by atoms with E-state index in [1.807, 2.05) is 0 Å². The van der Waals surface area contributed by atoms with Gasteiger partial charge in [-0.15, -0.1) is 0 Å². The van der Waals surface area contributed by atoms with E-state index in [1.165, 1.54) is 11.1 Å². The molecule has 19 heavy (non-hydrogen) atoms. The van der Waals surface area contributed by atoms with Crippen LogP contribution >= 0.6 is 0 Å². The first kappa shape index (κ1) is 16.0. The average Bonchev–Trinajstić information content (AvgIpc) is 2.35. The van der Waals surface area contributed by atoms with Crippen molar-refractivity contribution in [1.82, 2.24) is 5.32 Å². The maximum Gasteiger partial charge on any atom is 0.120 e. The fraction of sp³-hybridized carbons (Fsp3) is 0.647. The van der Waals surface area contributed by atoms with E-state index >= 15 is 0 Å². The molecule has 0 aromatic heterocycles. The summed E-state index contributed by atoms with van der Waals surface area (Å²) in [5.74, 6) is 1.54. The lowest BCUT2D eigenvalue weighted by atomic mass is 9.98. The fourth-order valence-electron chi connectivity index (χ4n) is 2.22. The van der Waals surface area contributed by atoms with Crippen LogP contribution < -0.4 is 10.1 Å². The van der Waals surface area contributed by atoms with Crippen molar-refractivity contribution in [3.8, 4) is 5.75 Å². The Kier molecular flexibility index (Phi) is 6.36. The van der Waals surface area contributed by atoms with Crippen molar-refractivity contribution in [3.05, 3.63) is 29.3 Å². The maximum atomic E-state index is 6.03. The average molecular weight is 263 g/mol. The van der Waals surface area contributed by atoms with Crippen LogP contribution in [0.1, 0.15) is 58.1 Å². The van der Waals surface area contributed by atoms with Crippen molar-refractivity contribution in [1.29, 1.82) is 0 Å². The standard InChI is InChI=1S/C17H29NO/c1-7-10-18-14(5)15(6)19-16-8-9-17(12(2)3)13(4)11-16/h8-9,11-12,14-15,18H,7,10H2,1-6H3. The fourth-order valence-corrected chi connectivity index (χ4v) is 2.22. The molecule has 1 aromatic carbocycles. The summed E-state index contributed by atoms with van der Waals surface area (Å²) in [5, 5.41) is 3.47. The van der Waals surface area contributed by atoms with Gasteiger partial charge in [0, 0.05) is 6.04 Å². The van der Waals surface area contributed by atoms with Crippen molar-refractivity contribution in [2.24, 2.45) is 0 Å². The summed E-state index contributed by atoms with van der Waals surface area (Å²) in [4.78, 5) is 0. The van der Waals surface area contributed by atoms with E-state index in [1.54, 1.807) is 0 Å². The van der Waals surface area contributed by atoms with Gasteiger partial charge < -0.3 is 10.1 Å². The molecular formula is C17H29NO. The summed E-state index contributed by atoms with van der Waals surface area (Å²) in [6.07, 6.45) is 1.33. The van der Waals surface area contributed by atoms with E-state index < -0.39 is 0 Å². The lowest BCUT2D eigenvalue weighted by molar-refractivity contribution is 0.178. The van der Waals surface area contributed by atoms with Crippen LogP contribution in [0, 0.1) is 6.92 Å². The largest absolute Gasteiger partial charge is 0.489 e. The number of ether oxygens (including phenoxy) is 1. The zero-order valence-electron chi connectivity index (χ0n) is 13.3. The first-order valence-corrected chi connectivity index (χ1v) is 7.46. The number of hydrogen-bond acceptors (Lipinski definition) is 2. The monoisotopic (exact) mass is 263 g/mol. The molecule has 2 atom stereocenters. The quantitative estimate of drug-likeness (QED) is 0.793. The van der Waals surface area contributed by atoms with E-state index in [2.05, 4.69) is 65.1 Å². The molecule has 0 amide bonds. The molecule has 0 aliphatic rings. The summed E-state index contributed by atoms with van der Waals surface area (Å²) in [7, 11) is 0. The van der Waals surface area contributed by atoms with Gasteiger partial charge in [-0.05, 0) is 62.9 Å². The molecule has 0 aliphatic heterocycles. The topological polar surface area (TPSA) is 21.3 Å². The molecule has 1 rings (SSSR count). The minimum atomic E-state index is 0.177. The third-order valence-corrected chi connectivity index (χ3v) is 3.61. The molecule has 108 valence electrons. The Labute approximate surface area is 118 Å². The highest BCUT2D eigenvalue weighted by molar-refractivity contribution is 5.36. The summed E-state index contributed by atoms with van der Waals surface area (Å²) >= 11 is 0. The van der Waals surface area contributed by atoms with Gasteiger partial charge in [-0.1, -0.05) is 26.8 Å². The first-order valence-electron chi connectivity index (χ1n) is 7.46. The molecule has 1 aromatic rings. The number of aryl methyl sites for hydroxylation is 1. The van der Waals surface area contributed by atoms with Gasteiger partial charge in [0.2, 0.25) is 0 Å². The van der Waals surface area contributed by atoms with Crippen LogP contribution in [-0.2, 0) is 0 Å². The van der Waals surface area contributed by atoms with Gasteiger partial charge in [0.05, 0.1) is 0 Å². The van der Waals surface area contributed by atoms with Gasteiger partial charge in [-0.25, -0.2) is 0 Å². The van der Waals surface area contributed by atoms with Crippen LogP contribution in [0.25, 0.3) is 0 Å². The van der Waals surface area contributed by atoms with Gasteiger partial charge in [0.1, 0.15) is 11.9 Å². The van der Waals surface area contributed by atoms with Crippen molar-refractivity contribution >= 4 is 0 Å². The zero-order valence-corrected chi connectivity index (χ0v) is 13.3. The number of rotatable bonds is 7. The molecule has 0 radical (unpaired) electrons. The molecule has 0 fully saturated rings. The smallest absolute Gasteiger partial charge is 0.120 e. The highest BCUT2D eigenvalue weighted by Crippen LogP contribution is 2.24. The predicted octanol–water partition coefficient (Wildman–Crippen LogP) is 4.27. The number of nitrogens with one attached hydrogen (secondary N) is 1. The van der Waals surface area contributed by atoms with Crippen LogP contribution in [0.2, 0.25) is 0 Å². The third-order valence-electron chi connectivity index (χ3n) is 3.61. The summed E-state index contributed by atoms with van der Waals surface area (Å²) < 4.78 is 6.03. The molecule has 0 aliphatic carbocycles. The van der Waals surface area contributed by atoms with Gasteiger partial charge >= 0.3 is 0 Å². The van der Waals surface area contributed by atoms with Crippen molar-refractivity contribution < 1.29 is 4.74 Å². The van der Waals surface area contributed by atoms with Gasteiger partial charge in [-0.3, -0.25) is 0 Å². The predicted molar refractivity (Wildman–Crippen MR) is 83.1 cm³/mol. The van der Waals surface area contributed by atoms with E-state index in [4.69, 9.17) is 4.74 Å². The van der Waals surface area contributed by atoms with Gasteiger partial charge in [-0.2, -0.15) is 0 Å². The van der Waals surface area contributed by atoms with E-state index in [9.17, 15) is 0 Å². The van der Waals surface area contributed by atoms with Crippen LogP contribution in [0.5, 0.6) is 5.75 Å². The van der Waals surface area contributed by atoms with Crippen molar-refractivity contribution in [2.75, 3.05) is 6.54 Å². The van der Waals surface area contributed by atoms with Crippen LogP contribution in [-0.4, -0.2) is 18.7 Å². The van der Waals surface area contributed by atoms with E-state index in [-0.39, 0.29) is 6.10 Å². The molecule has 0 heterocycles. The first-order chi connectivity index (χ1) is 8.95. The summed E-state index contributed by atoms with van der Waals surface area (Å²) in [6, 6.07) is 6.79. The molecule has 0 saturated heterocycles.